The van der Waals surface area contributed by atoms with Gasteiger partial charge in [0.15, 0.2) is 0 Å². The van der Waals surface area contributed by atoms with E-state index in [2.05, 4.69) is 15.6 Å². The highest BCUT2D eigenvalue weighted by Gasteiger charge is 2.12. The molecule has 2 rings (SSSR count). The summed E-state index contributed by atoms with van der Waals surface area (Å²) in [6.45, 7) is 4.40. The van der Waals surface area contributed by atoms with Crippen LogP contribution in [0.15, 0.2) is 29.6 Å². The van der Waals surface area contributed by atoms with Crippen molar-refractivity contribution in [1.29, 1.82) is 0 Å². The Morgan fingerprint density at radius 3 is 2.79 bits per heavy atom. The lowest BCUT2D eigenvalue weighted by Gasteiger charge is -2.10. The van der Waals surface area contributed by atoms with Gasteiger partial charge in [-0.05, 0) is 26.0 Å². The second-order valence-corrected chi connectivity index (χ2v) is 7.28. The average molecular weight is 364 g/mol. The van der Waals surface area contributed by atoms with Gasteiger partial charge >= 0.3 is 0 Å². The first-order valence-electron chi connectivity index (χ1n) is 7.76. The molecule has 0 radical (unpaired) electrons. The van der Waals surface area contributed by atoms with Crippen LogP contribution < -0.4 is 10.6 Å². The van der Waals surface area contributed by atoms with Gasteiger partial charge in [0, 0.05) is 29.9 Å². The minimum atomic E-state index is -0.179. The van der Waals surface area contributed by atoms with Gasteiger partial charge in [-0.15, -0.1) is 11.3 Å². The average Bonchev–Trinajstić information content (AvgIpc) is 2.98. The predicted octanol–water partition coefficient (Wildman–Crippen LogP) is 3.46. The molecule has 2 aromatic rings. The third-order valence-electron chi connectivity index (χ3n) is 3.17. The SMILES string of the molecule is CCNC(=O)c1ccccc1NC(=O)CCSCc1csc(C)n1. The molecule has 0 aliphatic heterocycles. The molecule has 2 amide bonds. The van der Waals surface area contributed by atoms with Crippen LogP contribution in [0.1, 0.15) is 34.4 Å². The summed E-state index contributed by atoms with van der Waals surface area (Å²) in [4.78, 5) is 28.5. The van der Waals surface area contributed by atoms with Crippen molar-refractivity contribution in [2.45, 2.75) is 26.0 Å². The molecule has 1 aromatic heterocycles. The van der Waals surface area contributed by atoms with Crippen molar-refractivity contribution in [3.8, 4) is 0 Å². The van der Waals surface area contributed by atoms with Crippen molar-refractivity contribution < 1.29 is 9.59 Å². The molecule has 0 saturated carbocycles. The predicted molar refractivity (Wildman–Crippen MR) is 101 cm³/mol. The Balaban J connectivity index is 1.81. The van der Waals surface area contributed by atoms with Crippen LogP contribution in [0.5, 0.6) is 0 Å². The van der Waals surface area contributed by atoms with Gasteiger partial charge in [0.05, 0.1) is 22.0 Å². The summed E-state index contributed by atoms with van der Waals surface area (Å²) < 4.78 is 0. The number of carbonyl (C=O) groups excluding carboxylic acids is 2. The number of thiazole rings is 1. The Morgan fingerprint density at radius 2 is 2.08 bits per heavy atom. The number of hydrogen-bond donors (Lipinski definition) is 2. The lowest BCUT2D eigenvalue weighted by molar-refractivity contribution is -0.115. The van der Waals surface area contributed by atoms with Gasteiger partial charge < -0.3 is 10.6 Å². The van der Waals surface area contributed by atoms with Crippen LogP contribution in [0.3, 0.4) is 0 Å². The Morgan fingerprint density at radius 1 is 1.29 bits per heavy atom. The molecule has 0 aliphatic carbocycles. The molecule has 0 atom stereocenters. The number of aryl methyl sites for hydroxylation is 1. The molecule has 24 heavy (non-hydrogen) atoms. The minimum absolute atomic E-state index is 0.0892. The number of nitrogens with one attached hydrogen (secondary N) is 2. The number of hydrogen-bond acceptors (Lipinski definition) is 5. The van der Waals surface area contributed by atoms with Crippen molar-refractivity contribution in [3.05, 3.63) is 45.9 Å². The molecule has 1 heterocycles. The molecule has 0 fully saturated rings. The van der Waals surface area contributed by atoms with E-state index >= 15 is 0 Å². The molecule has 0 saturated heterocycles. The number of aromatic nitrogens is 1. The number of amides is 2. The van der Waals surface area contributed by atoms with E-state index in [-0.39, 0.29) is 11.8 Å². The molecule has 5 nitrogen and oxygen atoms in total. The van der Waals surface area contributed by atoms with Gasteiger partial charge in [-0.3, -0.25) is 9.59 Å². The van der Waals surface area contributed by atoms with Crippen molar-refractivity contribution in [3.63, 3.8) is 0 Å². The Kier molecular flexibility index (Phi) is 7.27. The molecule has 128 valence electrons. The van der Waals surface area contributed by atoms with Gasteiger partial charge in [-0.2, -0.15) is 11.8 Å². The van der Waals surface area contributed by atoms with Crippen LogP contribution in [-0.4, -0.2) is 29.1 Å². The van der Waals surface area contributed by atoms with Crippen molar-refractivity contribution in [2.24, 2.45) is 0 Å². The van der Waals surface area contributed by atoms with Crippen molar-refractivity contribution in [1.82, 2.24) is 10.3 Å². The van der Waals surface area contributed by atoms with E-state index in [1.165, 1.54) is 0 Å². The normalized spacial score (nSPS) is 10.4. The fraction of sp³-hybridized carbons (Fsp3) is 0.353. The summed E-state index contributed by atoms with van der Waals surface area (Å²) in [5.74, 6) is 1.26. The zero-order chi connectivity index (χ0) is 17.4. The summed E-state index contributed by atoms with van der Waals surface area (Å²) in [5, 5.41) is 8.68. The highest BCUT2D eigenvalue weighted by molar-refractivity contribution is 7.98. The zero-order valence-corrected chi connectivity index (χ0v) is 15.4. The summed E-state index contributed by atoms with van der Waals surface area (Å²) >= 11 is 3.32. The number of para-hydroxylation sites is 1. The van der Waals surface area contributed by atoms with Crippen molar-refractivity contribution >= 4 is 40.6 Å². The van der Waals surface area contributed by atoms with E-state index in [0.717, 1.165) is 16.5 Å². The minimum Gasteiger partial charge on any atom is -0.352 e. The van der Waals surface area contributed by atoms with Gasteiger partial charge in [0.25, 0.3) is 5.91 Å². The Hall–Kier alpha value is -1.86. The van der Waals surface area contributed by atoms with Crippen LogP contribution >= 0.6 is 23.1 Å². The van der Waals surface area contributed by atoms with Crippen LogP contribution in [0.25, 0.3) is 0 Å². The third kappa shape index (κ3) is 5.65. The van der Waals surface area contributed by atoms with E-state index < -0.39 is 0 Å². The maximum Gasteiger partial charge on any atom is 0.253 e. The van der Waals surface area contributed by atoms with Crippen LogP contribution in [0.2, 0.25) is 0 Å². The number of rotatable bonds is 8. The molecular weight excluding hydrogens is 342 g/mol. The third-order valence-corrected chi connectivity index (χ3v) is 4.99. The zero-order valence-electron chi connectivity index (χ0n) is 13.8. The molecule has 2 N–H and O–H groups in total. The fourth-order valence-corrected chi connectivity index (χ4v) is 3.62. The van der Waals surface area contributed by atoms with E-state index in [9.17, 15) is 9.59 Å². The van der Waals surface area contributed by atoms with E-state index in [4.69, 9.17) is 0 Å². The topological polar surface area (TPSA) is 71.1 Å². The van der Waals surface area contributed by atoms with Crippen LogP contribution in [0.4, 0.5) is 5.69 Å². The second-order valence-electron chi connectivity index (χ2n) is 5.11. The number of carbonyl (C=O) groups is 2. The van der Waals surface area contributed by atoms with E-state index in [1.807, 2.05) is 19.2 Å². The van der Waals surface area contributed by atoms with Gasteiger partial charge in [-0.25, -0.2) is 4.98 Å². The second kappa shape index (κ2) is 9.44. The first kappa shape index (κ1) is 18.5. The molecule has 1 aromatic carbocycles. The molecular formula is C17H21N3O2S2. The molecule has 0 unspecified atom stereocenters. The quantitative estimate of drug-likeness (QED) is 0.705. The van der Waals surface area contributed by atoms with Gasteiger partial charge in [0.1, 0.15) is 0 Å². The number of thioether (sulfide) groups is 1. The maximum absolute atomic E-state index is 12.1. The monoisotopic (exact) mass is 363 g/mol. The summed E-state index contributed by atoms with van der Waals surface area (Å²) in [6.07, 6.45) is 0.400. The van der Waals surface area contributed by atoms with Gasteiger partial charge in [-0.1, -0.05) is 12.1 Å². The fourth-order valence-electron chi connectivity index (χ4n) is 2.07. The lowest BCUT2D eigenvalue weighted by Crippen LogP contribution is -2.24. The number of benzene rings is 1. The first-order valence-corrected chi connectivity index (χ1v) is 9.79. The van der Waals surface area contributed by atoms with Crippen LogP contribution in [0, 0.1) is 6.92 Å². The lowest BCUT2D eigenvalue weighted by atomic mass is 10.1. The van der Waals surface area contributed by atoms with Crippen LogP contribution in [-0.2, 0) is 10.5 Å². The first-order chi connectivity index (χ1) is 11.6. The number of nitrogens with zero attached hydrogens (tertiary/aromatic N) is 1. The summed E-state index contributed by atoms with van der Waals surface area (Å²) in [6, 6.07) is 7.04. The van der Waals surface area contributed by atoms with Crippen molar-refractivity contribution in [2.75, 3.05) is 17.6 Å². The Bertz CT molecular complexity index is 701. The highest BCUT2D eigenvalue weighted by Crippen LogP contribution is 2.18. The Labute approximate surface area is 150 Å². The molecule has 0 aliphatic rings. The standard InChI is InChI=1S/C17H21N3O2S2/c1-3-18-17(22)14-6-4-5-7-15(14)20-16(21)8-9-23-10-13-11-24-12(2)19-13/h4-7,11H,3,8-10H2,1-2H3,(H,18,22)(H,20,21). The molecule has 7 heteroatoms. The van der Waals surface area contributed by atoms with E-state index in [0.29, 0.717) is 30.0 Å². The summed E-state index contributed by atoms with van der Waals surface area (Å²) in [5.41, 5.74) is 2.09. The molecule has 0 bridgehead atoms. The summed E-state index contributed by atoms with van der Waals surface area (Å²) in [7, 11) is 0. The maximum atomic E-state index is 12.1. The highest BCUT2D eigenvalue weighted by atomic mass is 32.2. The van der Waals surface area contributed by atoms with E-state index in [1.54, 1.807) is 47.4 Å². The molecule has 0 spiro atoms. The largest absolute Gasteiger partial charge is 0.352 e. The number of anilines is 1. The smallest absolute Gasteiger partial charge is 0.253 e. The van der Waals surface area contributed by atoms with Gasteiger partial charge in [0.2, 0.25) is 5.91 Å².